The van der Waals surface area contributed by atoms with Crippen molar-refractivity contribution < 1.29 is 13.2 Å². The Bertz CT molecular complexity index is 1170. The maximum Gasteiger partial charge on any atom is 0.250 e. The van der Waals surface area contributed by atoms with Gasteiger partial charge in [-0.2, -0.15) is 4.31 Å². The normalized spacial score (nSPS) is 24.2. The molecule has 2 aromatic rings. The summed E-state index contributed by atoms with van der Waals surface area (Å²) >= 11 is 0. The lowest BCUT2D eigenvalue weighted by Gasteiger charge is -2.42. The number of anilines is 1. The van der Waals surface area contributed by atoms with Crippen LogP contribution in [0.3, 0.4) is 0 Å². The molecule has 152 valence electrons. The third kappa shape index (κ3) is 2.93. The first-order valence-electron chi connectivity index (χ1n) is 9.94. The summed E-state index contributed by atoms with van der Waals surface area (Å²) in [5.74, 6) is 0.218. The quantitative estimate of drug-likeness (QED) is 0.749. The van der Waals surface area contributed by atoms with E-state index in [-0.39, 0.29) is 28.2 Å². The summed E-state index contributed by atoms with van der Waals surface area (Å²) in [6.07, 6.45) is 1.86. The number of nitrogens with zero attached hydrogens (tertiary/aromatic N) is 3. The lowest BCUT2D eigenvalue weighted by atomic mass is 9.84. The van der Waals surface area contributed by atoms with Gasteiger partial charge in [-0.3, -0.25) is 9.59 Å². The molecule has 3 aliphatic heterocycles. The average molecular weight is 413 g/mol. The molecule has 1 aromatic heterocycles. The summed E-state index contributed by atoms with van der Waals surface area (Å²) in [6, 6.07) is 10.3. The predicted molar refractivity (Wildman–Crippen MR) is 108 cm³/mol. The van der Waals surface area contributed by atoms with E-state index in [4.69, 9.17) is 0 Å². The molecule has 2 bridgehead atoms. The van der Waals surface area contributed by atoms with E-state index in [2.05, 4.69) is 0 Å². The van der Waals surface area contributed by atoms with E-state index < -0.39 is 10.0 Å². The van der Waals surface area contributed by atoms with Gasteiger partial charge in [0.15, 0.2) is 0 Å². The van der Waals surface area contributed by atoms with E-state index in [1.54, 1.807) is 51.2 Å². The van der Waals surface area contributed by atoms with Gasteiger partial charge in [0.25, 0.3) is 5.56 Å². The van der Waals surface area contributed by atoms with Gasteiger partial charge in [0.05, 0.1) is 4.90 Å². The number of fused-ring (bicyclic) bond motifs is 5. The molecule has 29 heavy (non-hydrogen) atoms. The smallest absolute Gasteiger partial charge is 0.250 e. The molecule has 2 unspecified atom stereocenters. The summed E-state index contributed by atoms with van der Waals surface area (Å²) in [5, 5.41) is 0. The Morgan fingerprint density at radius 1 is 1.00 bits per heavy atom. The average Bonchev–Trinajstić information content (AvgIpc) is 2.71. The number of rotatable bonds is 2. The number of carbonyl (C=O) groups excluding carboxylic acids is 1. The molecule has 0 radical (unpaired) electrons. The topological polar surface area (TPSA) is 79.7 Å². The number of benzene rings is 1. The molecule has 7 nitrogen and oxygen atoms in total. The Morgan fingerprint density at radius 2 is 1.83 bits per heavy atom. The zero-order chi connectivity index (χ0) is 20.3. The fourth-order valence-corrected chi connectivity index (χ4v) is 6.60. The molecule has 0 N–H and O–H groups in total. The van der Waals surface area contributed by atoms with Crippen molar-refractivity contribution in [2.24, 2.45) is 5.92 Å². The van der Waals surface area contributed by atoms with Crippen molar-refractivity contribution in [3.63, 3.8) is 0 Å². The third-order valence-electron chi connectivity index (χ3n) is 6.48. The predicted octanol–water partition coefficient (Wildman–Crippen LogP) is 1.57. The molecule has 0 spiro atoms. The molecular formula is C21H23N3O4S. The Kier molecular flexibility index (Phi) is 4.18. The number of hydrogen-bond acceptors (Lipinski definition) is 4. The van der Waals surface area contributed by atoms with Gasteiger partial charge in [0.2, 0.25) is 15.9 Å². The maximum absolute atomic E-state index is 13.4. The van der Waals surface area contributed by atoms with Crippen LogP contribution >= 0.6 is 0 Å². The Labute approximate surface area is 169 Å². The van der Waals surface area contributed by atoms with Gasteiger partial charge in [0.1, 0.15) is 0 Å². The first kappa shape index (κ1) is 18.6. The fourth-order valence-electron chi connectivity index (χ4n) is 4.99. The van der Waals surface area contributed by atoms with Crippen LogP contribution in [0, 0.1) is 5.92 Å². The van der Waals surface area contributed by atoms with E-state index in [0.717, 1.165) is 23.4 Å². The molecule has 0 aliphatic carbocycles. The van der Waals surface area contributed by atoms with E-state index in [9.17, 15) is 18.0 Å². The van der Waals surface area contributed by atoms with Crippen LogP contribution in [-0.4, -0.2) is 43.3 Å². The number of pyridine rings is 1. The van der Waals surface area contributed by atoms with Gasteiger partial charge in [-0.25, -0.2) is 8.42 Å². The Hall–Kier alpha value is -2.45. The van der Waals surface area contributed by atoms with Crippen molar-refractivity contribution in [3.05, 3.63) is 58.0 Å². The van der Waals surface area contributed by atoms with E-state index in [1.807, 2.05) is 6.07 Å². The SMILES string of the molecule is CN1C(=O)CCc2cc(S(=O)(=O)N3CC4CC(C3)c3cccc(=O)n3C4)ccc21. The molecule has 1 fully saturated rings. The minimum absolute atomic E-state index is 0.0122. The van der Waals surface area contributed by atoms with Crippen molar-refractivity contribution in [2.75, 3.05) is 25.0 Å². The highest BCUT2D eigenvalue weighted by atomic mass is 32.2. The van der Waals surface area contributed by atoms with E-state index in [0.29, 0.717) is 32.5 Å². The first-order chi connectivity index (χ1) is 13.8. The number of carbonyl (C=O) groups is 1. The van der Waals surface area contributed by atoms with Crippen molar-refractivity contribution in [1.29, 1.82) is 0 Å². The molecule has 8 heteroatoms. The van der Waals surface area contributed by atoms with Crippen molar-refractivity contribution >= 4 is 21.6 Å². The summed E-state index contributed by atoms with van der Waals surface area (Å²) in [4.78, 5) is 26.0. The highest BCUT2D eigenvalue weighted by Crippen LogP contribution is 2.38. The summed E-state index contributed by atoms with van der Waals surface area (Å²) in [5.41, 5.74) is 2.59. The zero-order valence-electron chi connectivity index (χ0n) is 16.2. The van der Waals surface area contributed by atoms with Crippen LogP contribution < -0.4 is 10.5 Å². The minimum Gasteiger partial charge on any atom is -0.315 e. The van der Waals surface area contributed by atoms with Gasteiger partial charge in [-0.1, -0.05) is 6.07 Å². The summed E-state index contributed by atoms with van der Waals surface area (Å²) in [6.45, 7) is 1.38. The van der Waals surface area contributed by atoms with Gasteiger partial charge in [0, 0.05) is 56.5 Å². The largest absolute Gasteiger partial charge is 0.315 e. The molecule has 1 amide bonds. The van der Waals surface area contributed by atoms with Crippen LogP contribution in [-0.2, 0) is 27.8 Å². The van der Waals surface area contributed by atoms with Crippen LogP contribution in [0.2, 0.25) is 0 Å². The molecule has 0 saturated carbocycles. The number of aromatic nitrogens is 1. The molecule has 3 aliphatic rings. The highest BCUT2D eigenvalue weighted by Gasteiger charge is 2.39. The van der Waals surface area contributed by atoms with Gasteiger partial charge in [-0.15, -0.1) is 0 Å². The number of sulfonamides is 1. The van der Waals surface area contributed by atoms with Crippen LogP contribution in [0.15, 0.2) is 46.1 Å². The second-order valence-electron chi connectivity index (χ2n) is 8.26. The fraction of sp³-hybridized carbons (Fsp3) is 0.429. The van der Waals surface area contributed by atoms with Gasteiger partial charge >= 0.3 is 0 Å². The zero-order valence-corrected chi connectivity index (χ0v) is 17.1. The molecule has 1 aromatic carbocycles. The number of piperidine rings is 1. The summed E-state index contributed by atoms with van der Waals surface area (Å²) < 4.78 is 30.2. The van der Waals surface area contributed by atoms with E-state index >= 15 is 0 Å². The molecule has 5 rings (SSSR count). The van der Waals surface area contributed by atoms with Crippen molar-refractivity contribution in [1.82, 2.24) is 8.87 Å². The van der Waals surface area contributed by atoms with E-state index in [1.165, 1.54) is 0 Å². The van der Waals surface area contributed by atoms with Crippen LogP contribution in [0.4, 0.5) is 5.69 Å². The number of aryl methyl sites for hydroxylation is 1. The molecule has 1 saturated heterocycles. The van der Waals surface area contributed by atoms with Crippen LogP contribution in [0.25, 0.3) is 0 Å². The summed E-state index contributed by atoms with van der Waals surface area (Å²) in [7, 11) is -1.92. The standard InChI is InChI=1S/C21H23N3O4S/c1-22-18-7-6-17(10-15(18)5-8-20(22)25)29(27,28)23-11-14-9-16(13-23)19-3-2-4-21(26)24(19)12-14/h2-4,6-7,10,14,16H,5,8-9,11-13H2,1H3. The second kappa shape index (κ2) is 6.53. The molecular weight excluding hydrogens is 390 g/mol. The second-order valence-corrected chi connectivity index (χ2v) is 10.2. The van der Waals surface area contributed by atoms with Gasteiger partial charge in [-0.05, 0) is 48.6 Å². The Balaban J connectivity index is 1.48. The maximum atomic E-state index is 13.4. The lowest BCUT2D eigenvalue weighted by molar-refractivity contribution is -0.118. The number of amides is 1. The lowest BCUT2D eigenvalue weighted by Crippen LogP contribution is -2.49. The van der Waals surface area contributed by atoms with Crippen LogP contribution in [0.5, 0.6) is 0 Å². The van der Waals surface area contributed by atoms with Gasteiger partial charge < -0.3 is 9.47 Å². The highest BCUT2D eigenvalue weighted by molar-refractivity contribution is 7.89. The molecule has 4 heterocycles. The van der Waals surface area contributed by atoms with Crippen molar-refractivity contribution in [3.8, 4) is 0 Å². The monoisotopic (exact) mass is 413 g/mol. The number of hydrogen-bond donors (Lipinski definition) is 0. The first-order valence-corrected chi connectivity index (χ1v) is 11.4. The Morgan fingerprint density at radius 3 is 2.66 bits per heavy atom. The molecule has 2 atom stereocenters. The third-order valence-corrected chi connectivity index (χ3v) is 8.31. The van der Waals surface area contributed by atoms with Crippen molar-refractivity contribution in [2.45, 2.75) is 36.6 Å². The van der Waals surface area contributed by atoms with Crippen LogP contribution in [0.1, 0.15) is 30.0 Å². The minimum atomic E-state index is -3.64.